The van der Waals surface area contributed by atoms with Crippen molar-refractivity contribution in [1.29, 1.82) is 0 Å². The summed E-state index contributed by atoms with van der Waals surface area (Å²) in [6.07, 6.45) is 5.72. The first-order valence-corrected chi connectivity index (χ1v) is 12.0. The number of hydrogen-bond acceptors (Lipinski definition) is 10. The van der Waals surface area contributed by atoms with Crippen LogP contribution in [0, 0.1) is 0 Å². The Labute approximate surface area is 196 Å². The molecule has 4 heterocycles. The van der Waals surface area contributed by atoms with Crippen molar-refractivity contribution in [3.8, 4) is 0 Å². The number of aliphatic hydroxyl groups is 2. The quantitative estimate of drug-likeness (QED) is 0.440. The Morgan fingerprint density at radius 3 is 2.76 bits per heavy atom. The minimum Gasteiger partial charge on any atom is -0.468 e. The molecule has 0 bridgehead atoms. The van der Waals surface area contributed by atoms with Crippen LogP contribution < -0.4 is 10.6 Å². The number of aliphatic hydroxyl groups excluding tert-OH is 2. The van der Waals surface area contributed by atoms with Crippen LogP contribution >= 0.6 is 12.2 Å². The molecule has 4 unspecified atom stereocenters. The van der Waals surface area contributed by atoms with Gasteiger partial charge in [-0.15, -0.1) is 0 Å². The maximum atomic E-state index is 10.7. The van der Waals surface area contributed by atoms with E-state index in [0.717, 1.165) is 19.3 Å². The summed E-state index contributed by atoms with van der Waals surface area (Å²) in [6.45, 7) is 1.36. The molecule has 11 nitrogen and oxygen atoms in total. The number of aromatic nitrogens is 4. The average molecular weight is 479 g/mol. The second kappa shape index (κ2) is 10.0. The molecule has 2 aromatic heterocycles. The minimum absolute atomic E-state index is 0.0311. The zero-order valence-corrected chi connectivity index (χ0v) is 19.1. The normalized spacial score (nSPS) is 30.5. The highest BCUT2D eigenvalue weighted by atomic mass is 32.1. The molecule has 5 rings (SSSR count). The van der Waals surface area contributed by atoms with Crippen LogP contribution in [0.15, 0.2) is 12.7 Å². The van der Waals surface area contributed by atoms with Crippen LogP contribution in [0.2, 0.25) is 0 Å². The fourth-order valence-corrected chi connectivity index (χ4v) is 4.93. The van der Waals surface area contributed by atoms with Gasteiger partial charge < -0.3 is 35.1 Å². The first-order valence-electron chi connectivity index (χ1n) is 11.6. The Morgan fingerprint density at radius 2 is 1.97 bits per heavy atom. The van der Waals surface area contributed by atoms with E-state index in [0.29, 0.717) is 41.4 Å². The molecule has 4 N–H and O–H groups in total. The van der Waals surface area contributed by atoms with Gasteiger partial charge in [-0.05, 0) is 31.5 Å². The number of ether oxygens (including phenoxy) is 3. The molecule has 33 heavy (non-hydrogen) atoms. The highest BCUT2D eigenvalue weighted by molar-refractivity contribution is 7.80. The average Bonchev–Trinajstić information content (AvgIpc) is 3.55. The third-order valence-electron chi connectivity index (χ3n) is 6.55. The molecule has 1 saturated carbocycles. The zero-order valence-electron chi connectivity index (χ0n) is 18.3. The fraction of sp³-hybridized carbons (Fsp3) is 0.714. The van der Waals surface area contributed by atoms with Crippen molar-refractivity contribution in [2.75, 3.05) is 25.1 Å². The summed E-state index contributed by atoms with van der Waals surface area (Å²) in [7, 11) is 0. The van der Waals surface area contributed by atoms with Crippen molar-refractivity contribution in [3.63, 3.8) is 0 Å². The maximum absolute atomic E-state index is 10.7. The molecule has 2 saturated heterocycles. The van der Waals surface area contributed by atoms with Gasteiger partial charge in [0, 0.05) is 12.6 Å². The van der Waals surface area contributed by atoms with E-state index in [1.165, 1.54) is 31.9 Å². The van der Waals surface area contributed by atoms with Crippen LogP contribution in [-0.4, -0.2) is 85.1 Å². The van der Waals surface area contributed by atoms with E-state index in [-0.39, 0.29) is 12.6 Å². The number of imidazole rings is 1. The number of nitrogens with zero attached hydrogens (tertiary/aromatic N) is 4. The second-order valence-corrected chi connectivity index (χ2v) is 9.25. The lowest BCUT2D eigenvalue weighted by molar-refractivity contribution is -0.0492. The molecule has 2 aliphatic heterocycles. The third-order valence-corrected chi connectivity index (χ3v) is 6.78. The molecule has 5 atom stereocenters. The van der Waals surface area contributed by atoms with Gasteiger partial charge >= 0.3 is 0 Å². The molecule has 12 heteroatoms. The first kappa shape index (κ1) is 22.7. The number of anilines is 1. The van der Waals surface area contributed by atoms with Gasteiger partial charge in [-0.2, -0.15) is 0 Å². The second-order valence-electron chi connectivity index (χ2n) is 8.88. The summed E-state index contributed by atoms with van der Waals surface area (Å²) in [5, 5.41) is 28.1. The van der Waals surface area contributed by atoms with Crippen LogP contribution in [0.1, 0.15) is 44.8 Å². The van der Waals surface area contributed by atoms with Crippen molar-refractivity contribution >= 4 is 34.4 Å². The number of rotatable bonds is 6. The van der Waals surface area contributed by atoms with E-state index < -0.39 is 24.5 Å². The Bertz CT molecular complexity index is 964. The van der Waals surface area contributed by atoms with E-state index in [9.17, 15) is 10.2 Å². The van der Waals surface area contributed by atoms with Crippen LogP contribution in [0.5, 0.6) is 0 Å². The number of thiocarbonyl (C=S) groups is 1. The highest BCUT2D eigenvalue weighted by Crippen LogP contribution is 2.32. The van der Waals surface area contributed by atoms with Crippen molar-refractivity contribution < 1.29 is 24.4 Å². The summed E-state index contributed by atoms with van der Waals surface area (Å²) in [4.78, 5) is 13.1. The first-order chi connectivity index (χ1) is 16.1. The van der Waals surface area contributed by atoms with Gasteiger partial charge in [-0.1, -0.05) is 19.3 Å². The summed E-state index contributed by atoms with van der Waals surface area (Å²) in [6, 6.07) is 0.491. The predicted octanol–water partition coefficient (Wildman–Crippen LogP) is 0.870. The molecule has 0 spiro atoms. The third kappa shape index (κ3) is 4.90. The van der Waals surface area contributed by atoms with Crippen LogP contribution in [0.25, 0.3) is 11.2 Å². The van der Waals surface area contributed by atoms with Gasteiger partial charge in [-0.3, -0.25) is 4.57 Å². The molecular formula is C21H30N6O5S. The lowest BCUT2D eigenvalue weighted by atomic mass is 9.96. The van der Waals surface area contributed by atoms with Gasteiger partial charge in [0.15, 0.2) is 23.2 Å². The lowest BCUT2D eigenvalue weighted by Crippen LogP contribution is -2.39. The van der Waals surface area contributed by atoms with E-state index in [4.69, 9.17) is 26.4 Å². The smallest absolute Gasteiger partial charge is 0.256 e. The van der Waals surface area contributed by atoms with Crippen LogP contribution in [0.4, 0.5) is 5.82 Å². The molecule has 1 aliphatic carbocycles. The van der Waals surface area contributed by atoms with E-state index >= 15 is 0 Å². The summed E-state index contributed by atoms with van der Waals surface area (Å²) < 4.78 is 18.6. The molecule has 3 aliphatic rings. The SMILES string of the molecule is OC1C(COC(=S)NC2CCCCC2)OC(n2cnc3c(N[C@@H]4CCOC4)ncnc32)C1O. The topological polar surface area (TPSA) is 136 Å². The Kier molecular flexibility index (Phi) is 6.88. The Morgan fingerprint density at radius 1 is 1.12 bits per heavy atom. The van der Waals surface area contributed by atoms with Gasteiger partial charge in [0.05, 0.1) is 19.0 Å². The minimum atomic E-state index is -1.18. The molecule has 180 valence electrons. The number of hydrogen-bond donors (Lipinski definition) is 4. The van der Waals surface area contributed by atoms with Gasteiger partial charge in [0.2, 0.25) is 0 Å². The lowest BCUT2D eigenvalue weighted by Gasteiger charge is -2.24. The molecule has 0 amide bonds. The van der Waals surface area contributed by atoms with Crippen molar-refractivity contribution in [1.82, 2.24) is 24.8 Å². The number of nitrogens with one attached hydrogen (secondary N) is 2. The number of fused-ring (bicyclic) bond motifs is 1. The maximum Gasteiger partial charge on any atom is 0.256 e. The molecule has 2 aromatic rings. The fourth-order valence-electron chi connectivity index (χ4n) is 4.70. The Balaban J connectivity index is 1.23. The van der Waals surface area contributed by atoms with Crippen LogP contribution in [-0.2, 0) is 14.2 Å². The van der Waals surface area contributed by atoms with E-state index in [2.05, 4.69) is 25.6 Å². The van der Waals surface area contributed by atoms with E-state index in [1.807, 2.05) is 0 Å². The van der Waals surface area contributed by atoms with Gasteiger partial charge in [0.1, 0.15) is 31.2 Å². The van der Waals surface area contributed by atoms with Gasteiger partial charge in [0.25, 0.3) is 5.17 Å². The molecule has 0 radical (unpaired) electrons. The zero-order chi connectivity index (χ0) is 22.8. The van der Waals surface area contributed by atoms with Crippen molar-refractivity contribution in [2.45, 2.75) is 75.1 Å². The monoisotopic (exact) mass is 478 g/mol. The standard InChI is InChI=1S/C21H30N6O5S/c28-16-14(9-31-21(33)26-12-4-2-1-3-5-12)32-20(17(16)29)27-11-24-15-18(22-10-23-19(15)27)25-13-6-7-30-8-13/h10-14,16-17,20,28-29H,1-9H2,(H,26,33)(H,22,23,25)/t13-,14?,16?,17?,20?/m1/s1. The van der Waals surface area contributed by atoms with E-state index in [1.54, 1.807) is 4.57 Å². The van der Waals surface area contributed by atoms with Crippen LogP contribution in [0.3, 0.4) is 0 Å². The molecular weight excluding hydrogens is 448 g/mol. The van der Waals surface area contributed by atoms with Crippen molar-refractivity contribution in [3.05, 3.63) is 12.7 Å². The summed E-state index contributed by atoms with van der Waals surface area (Å²) in [5.41, 5.74) is 1.06. The van der Waals surface area contributed by atoms with Crippen molar-refractivity contribution in [2.24, 2.45) is 0 Å². The Hall–Kier alpha value is -2.12. The largest absolute Gasteiger partial charge is 0.468 e. The summed E-state index contributed by atoms with van der Waals surface area (Å²) in [5.74, 6) is 0.598. The molecule has 0 aromatic carbocycles. The molecule has 3 fully saturated rings. The highest BCUT2D eigenvalue weighted by Gasteiger charge is 2.45. The van der Waals surface area contributed by atoms with Gasteiger partial charge in [-0.25, -0.2) is 15.0 Å². The predicted molar refractivity (Wildman–Crippen MR) is 123 cm³/mol. The summed E-state index contributed by atoms with van der Waals surface area (Å²) >= 11 is 5.30.